The molecule has 0 saturated heterocycles. The average molecular weight is 312 g/mol. The van der Waals surface area contributed by atoms with Gasteiger partial charge >= 0.3 is 5.97 Å². The second-order valence-electron chi connectivity index (χ2n) is 8.02. The fraction of sp³-hybridized carbons (Fsp3) is 0.944. The number of nitrogens with two attached hydrogens (primary N) is 1. The summed E-state index contributed by atoms with van der Waals surface area (Å²) in [5.74, 6) is -0.942. The van der Waals surface area contributed by atoms with Gasteiger partial charge in [0.15, 0.2) is 0 Å². The summed E-state index contributed by atoms with van der Waals surface area (Å²) in [7, 11) is 0. The fourth-order valence-corrected chi connectivity index (χ4v) is 3.24. The highest BCUT2D eigenvalue weighted by Crippen LogP contribution is 2.22. The van der Waals surface area contributed by atoms with Gasteiger partial charge in [0.2, 0.25) is 0 Å². The van der Waals surface area contributed by atoms with Gasteiger partial charge in [0, 0.05) is 12.1 Å². The molecule has 130 valence electrons. The summed E-state index contributed by atoms with van der Waals surface area (Å²) in [4.78, 5) is 10.2. The van der Waals surface area contributed by atoms with E-state index in [9.17, 15) is 4.79 Å². The lowest BCUT2D eigenvalue weighted by molar-refractivity contribution is -0.141. The van der Waals surface area contributed by atoms with E-state index in [0.29, 0.717) is 0 Å². The highest BCUT2D eigenvalue weighted by molar-refractivity contribution is 5.74. The van der Waals surface area contributed by atoms with Crippen LogP contribution < -0.4 is 11.1 Å². The third kappa shape index (κ3) is 7.59. The molecule has 0 aliphatic heterocycles. The Bertz CT molecular complexity index is 298. The van der Waals surface area contributed by atoms with Gasteiger partial charge in [-0.15, -0.1) is 0 Å². The smallest absolute Gasteiger partial charge is 0.321 e. The monoisotopic (exact) mass is 312 g/mol. The first kappa shape index (κ1) is 19.4. The van der Waals surface area contributed by atoms with Crippen LogP contribution in [0.2, 0.25) is 0 Å². The molecule has 4 N–H and O–H groups in total. The molecule has 0 radical (unpaired) electrons. The molecule has 2 fully saturated rings. The van der Waals surface area contributed by atoms with Gasteiger partial charge in [-0.25, -0.2) is 0 Å². The van der Waals surface area contributed by atoms with E-state index in [-0.39, 0.29) is 5.41 Å². The predicted molar refractivity (Wildman–Crippen MR) is 91.9 cm³/mol. The van der Waals surface area contributed by atoms with Gasteiger partial charge in [0.25, 0.3) is 0 Å². The van der Waals surface area contributed by atoms with Crippen molar-refractivity contribution in [2.45, 2.75) is 103 Å². The molecule has 0 spiro atoms. The first-order valence-electron chi connectivity index (χ1n) is 9.05. The second-order valence-corrected chi connectivity index (χ2v) is 8.02. The third-order valence-corrected chi connectivity index (χ3v) is 4.88. The Labute approximate surface area is 136 Å². The molecule has 0 heterocycles. The lowest BCUT2D eigenvalue weighted by atomic mass is 9.88. The molecular formula is C18H36N2O2. The van der Waals surface area contributed by atoms with Crippen molar-refractivity contribution < 1.29 is 9.90 Å². The van der Waals surface area contributed by atoms with Gasteiger partial charge in [-0.1, -0.05) is 59.3 Å². The molecule has 2 aliphatic carbocycles. The van der Waals surface area contributed by atoms with Crippen molar-refractivity contribution in [3.8, 4) is 0 Å². The minimum absolute atomic E-state index is 0.341. The van der Waals surface area contributed by atoms with E-state index in [4.69, 9.17) is 10.8 Å². The van der Waals surface area contributed by atoms with Crippen LogP contribution >= 0.6 is 0 Å². The number of aliphatic carboxylic acids is 1. The Hall–Kier alpha value is -0.610. The molecular weight excluding hydrogens is 276 g/mol. The minimum Gasteiger partial charge on any atom is -0.480 e. The topological polar surface area (TPSA) is 75.3 Å². The fourth-order valence-electron chi connectivity index (χ4n) is 3.24. The van der Waals surface area contributed by atoms with Gasteiger partial charge in [-0.2, -0.15) is 0 Å². The number of rotatable bonds is 3. The van der Waals surface area contributed by atoms with E-state index in [1.807, 2.05) is 0 Å². The number of carboxylic acid groups (broad SMARTS) is 1. The molecule has 0 bridgehead atoms. The van der Waals surface area contributed by atoms with Crippen molar-refractivity contribution in [3.63, 3.8) is 0 Å². The van der Waals surface area contributed by atoms with Gasteiger partial charge in [-0.3, -0.25) is 4.79 Å². The lowest BCUT2D eigenvalue weighted by Crippen LogP contribution is -2.41. The Kier molecular flexibility index (Phi) is 8.40. The summed E-state index contributed by atoms with van der Waals surface area (Å²) in [6, 6.07) is 0.978. The molecule has 4 nitrogen and oxygen atoms in total. The van der Waals surface area contributed by atoms with E-state index in [2.05, 4.69) is 5.32 Å². The maximum absolute atomic E-state index is 10.2. The van der Waals surface area contributed by atoms with Crippen LogP contribution in [-0.2, 0) is 4.79 Å². The van der Waals surface area contributed by atoms with Crippen LogP contribution in [0.5, 0.6) is 0 Å². The predicted octanol–water partition coefficient (Wildman–Crippen LogP) is 3.69. The quantitative estimate of drug-likeness (QED) is 0.743. The first-order chi connectivity index (χ1) is 10.3. The van der Waals surface area contributed by atoms with Crippen molar-refractivity contribution in [2.24, 2.45) is 11.1 Å². The van der Waals surface area contributed by atoms with Crippen LogP contribution in [-0.4, -0.2) is 29.2 Å². The molecule has 2 aliphatic rings. The molecule has 1 atom stereocenters. The summed E-state index contributed by atoms with van der Waals surface area (Å²) in [5.41, 5.74) is 4.95. The van der Waals surface area contributed by atoms with Crippen LogP contribution in [0.25, 0.3) is 0 Å². The van der Waals surface area contributed by atoms with Crippen molar-refractivity contribution in [1.29, 1.82) is 0 Å². The largest absolute Gasteiger partial charge is 0.480 e. The first-order valence-corrected chi connectivity index (χ1v) is 9.05. The van der Waals surface area contributed by atoms with Gasteiger partial charge in [-0.05, 0) is 31.1 Å². The zero-order valence-electron chi connectivity index (χ0n) is 14.7. The van der Waals surface area contributed by atoms with E-state index in [0.717, 1.165) is 12.1 Å². The van der Waals surface area contributed by atoms with Crippen LogP contribution in [0.1, 0.15) is 85.0 Å². The Morgan fingerprint density at radius 1 is 0.955 bits per heavy atom. The van der Waals surface area contributed by atoms with Crippen LogP contribution in [0, 0.1) is 5.41 Å². The van der Waals surface area contributed by atoms with E-state index in [1.54, 1.807) is 20.8 Å². The van der Waals surface area contributed by atoms with Gasteiger partial charge in [0.1, 0.15) is 6.04 Å². The Morgan fingerprint density at radius 3 is 1.55 bits per heavy atom. The number of hydrogen-bond donors (Lipinski definition) is 3. The molecule has 2 rings (SSSR count). The summed E-state index contributed by atoms with van der Waals surface area (Å²) in [5, 5.41) is 12.3. The molecule has 0 unspecified atom stereocenters. The molecule has 0 aromatic rings. The SMILES string of the molecule is C1CCC(NC2CCCCC2)CC1.CC(C)(C)[C@H](N)C(=O)O. The maximum Gasteiger partial charge on any atom is 0.321 e. The highest BCUT2D eigenvalue weighted by Gasteiger charge is 2.26. The van der Waals surface area contributed by atoms with Crippen LogP contribution in [0.3, 0.4) is 0 Å². The van der Waals surface area contributed by atoms with Crippen LogP contribution in [0.15, 0.2) is 0 Å². The van der Waals surface area contributed by atoms with Gasteiger partial charge < -0.3 is 16.2 Å². The normalized spacial score (nSPS) is 22.5. The molecule has 4 heteroatoms. The summed E-state index contributed by atoms with van der Waals surface area (Å²) in [6.07, 6.45) is 14.6. The third-order valence-electron chi connectivity index (χ3n) is 4.88. The number of hydrogen-bond acceptors (Lipinski definition) is 3. The number of carbonyl (C=O) groups is 1. The summed E-state index contributed by atoms with van der Waals surface area (Å²) in [6.45, 7) is 5.39. The Balaban J connectivity index is 0.000000239. The minimum atomic E-state index is -0.942. The molecule has 0 aromatic heterocycles. The highest BCUT2D eigenvalue weighted by atomic mass is 16.4. The molecule has 0 amide bonds. The lowest BCUT2D eigenvalue weighted by Gasteiger charge is -2.30. The van der Waals surface area contributed by atoms with E-state index < -0.39 is 12.0 Å². The second kappa shape index (κ2) is 9.51. The number of carboxylic acids is 1. The average Bonchev–Trinajstić information content (AvgIpc) is 2.48. The van der Waals surface area contributed by atoms with E-state index >= 15 is 0 Å². The van der Waals surface area contributed by atoms with Crippen molar-refractivity contribution >= 4 is 5.97 Å². The summed E-state index contributed by atoms with van der Waals surface area (Å²) < 4.78 is 0. The molecule has 22 heavy (non-hydrogen) atoms. The Morgan fingerprint density at radius 2 is 1.32 bits per heavy atom. The number of nitrogens with one attached hydrogen (secondary N) is 1. The van der Waals surface area contributed by atoms with Crippen molar-refractivity contribution in [2.75, 3.05) is 0 Å². The van der Waals surface area contributed by atoms with Gasteiger partial charge in [0.05, 0.1) is 0 Å². The van der Waals surface area contributed by atoms with Crippen molar-refractivity contribution in [3.05, 3.63) is 0 Å². The zero-order valence-corrected chi connectivity index (χ0v) is 14.7. The summed E-state index contributed by atoms with van der Waals surface area (Å²) >= 11 is 0. The maximum atomic E-state index is 10.2. The molecule has 2 saturated carbocycles. The van der Waals surface area contributed by atoms with Crippen LogP contribution in [0.4, 0.5) is 0 Å². The molecule has 0 aromatic carbocycles. The van der Waals surface area contributed by atoms with E-state index in [1.165, 1.54) is 64.2 Å². The zero-order chi connectivity index (χ0) is 16.6. The van der Waals surface area contributed by atoms with Crippen molar-refractivity contribution in [1.82, 2.24) is 5.32 Å². The standard InChI is InChI=1S/C12H23N.C6H13NO2/c1-3-7-11(8-4-1)13-12-9-5-2-6-10-12;1-6(2,3)4(7)5(8)9/h11-13H,1-10H2;4H,7H2,1-3H3,(H,8,9)/t;4-/m.1/s1.